The molecule has 3 rings (SSSR count). The van der Waals surface area contributed by atoms with Crippen molar-refractivity contribution in [3.05, 3.63) is 70.8 Å². The quantitative estimate of drug-likeness (QED) is 0.878. The molecule has 3 heteroatoms. The lowest BCUT2D eigenvalue weighted by atomic mass is 9.84. The number of carbonyl (C=O) groups is 1. The van der Waals surface area contributed by atoms with Gasteiger partial charge in [0.1, 0.15) is 0 Å². The highest BCUT2D eigenvalue weighted by molar-refractivity contribution is 6.16. The van der Waals surface area contributed by atoms with E-state index in [9.17, 15) is 9.90 Å². The van der Waals surface area contributed by atoms with Crippen LogP contribution < -0.4 is 0 Å². The first-order valence-corrected chi connectivity index (χ1v) is 7.88. The predicted octanol–water partition coefficient (Wildman–Crippen LogP) is 3.58. The van der Waals surface area contributed by atoms with E-state index < -0.39 is 0 Å². The summed E-state index contributed by atoms with van der Waals surface area (Å²) in [5.41, 5.74) is 4.36. The molecular weight excluding hydrogens is 286 g/mol. The number of Topliss-reactive ketones (excluding diaryl/α,β-unsaturated/α-hetero) is 1. The third kappa shape index (κ3) is 3.40. The third-order valence-electron chi connectivity index (χ3n) is 4.15. The molecule has 0 aliphatic carbocycles. The molecule has 1 aliphatic rings. The summed E-state index contributed by atoms with van der Waals surface area (Å²) in [5.74, 6) is 0.0717. The standard InChI is InChI=1S/C20H21NO2/c1-20(2)12-16-9-8-14(13-22)10-17(16)18(21-20)11-19(23)15-6-4-3-5-7-15/h3-10,22H,11-13H2,1-2H3. The molecule has 0 saturated heterocycles. The summed E-state index contributed by atoms with van der Waals surface area (Å²) in [7, 11) is 0. The van der Waals surface area contributed by atoms with Crippen molar-refractivity contribution >= 4 is 11.5 Å². The number of aliphatic imine (C=N–C) groups is 1. The number of aliphatic hydroxyl groups excluding tert-OH is 1. The van der Waals surface area contributed by atoms with E-state index in [0.717, 1.165) is 23.3 Å². The Hall–Kier alpha value is -2.26. The van der Waals surface area contributed by atoms with E-state index in [4.69, 9.17) is 4.99 Å². The molecule has 23 heavy (non-hydrogen) atoms. The van der Waals surface area contributed by atoms with Crippen LogP contribution in [0.15, 0.2) is 53.5 Å². The van der Waals surface area contributed by atoms with Crippen LogP contribution in [0.3, 0.4) is 0 Å². The normalized spacial score (nSPS) is 15.7. The minimum Gasteiger partial charge on any atom is -0.392 e. The van der Waals surface area contributed by atoms with Crippen molar-refractivity contribution < 1.29 is 9.90 Å². The van der Waals surface area contributed by atoms with Crippen LogP contribution in [0.25, 0.3) is 0 Å². The molecule has 0 fully saturated rings. The number of nitrogens with zero attached hydrogens (tertiary/aromatic N) is 1. The summed E-state index contributed by atoms with van der Waals surface area (Å²) in [6, 6.07) is 15.3. The molecule has 0 aromatic heterocycles. The Morgan fingerprint density at radius 1 is 1.17 bits per heavy atom. The fourth-order valence-corrected chi connectivity index (χ4v) is 3.09. The Balaban J connectivity index is 1.97. The Morgan fingerprint density at radius 2 is 1.91 bits per heavy atom. The van der Waals surface area contributed by atoms with Crippen LogP contribution in [0.1, 0.15) is 47.3 Å². The van der Waals surface area contributed by atoms with E-state index in [2.05, 4.69) is 13.8 Å². The van der Waals surface area contributed by atoms with Gasteiger partial charge in [-0.3, -0.25) is 9.79 Å². The van der Waals surface area contributed by atoms with Crippen molar-refractivity contribution in [3.63, 3.8) is 0 Å². The average molecular weight is 307 g/mol. The second-order valence-corrected chi connectivity index (χ2v) is 6.66. The van der Waals surface area contributed by atoms with Gasteiger partial charge in [-0.2, -0.15) is 0 Å². The molecule has 118 valence electrons. The van der Waals surface area contributed by atoms with Gasteiger partial charge in [0.25, 0.3) is 0 Å². The van der Waals surface area contributed by atoms with Gasteiger partial charge in [-0.25, -0.2) is 0 Å². The highest BCUT2D eigenvalue weighted by Gasteiger charge is 2.28. The van der Waals surface area contributed by atoms with Crippen molar-refractivity contribution in [1.29, 1.82) is 0 Å². The highest BCUT2D eigenvalue weighted by Crippen LogP contribution is 2.29. The number of aliphatic hydroxyl groups is 1. The maximum Gasteiger partial charge on any atom is 0.168 e. The number of carbonyl (C=O) groups excluding carboxylic acids is 1. The van der Waals surface area contributed by atoms with Crippen molar-refractivity contribution in [2.24, 2.45) is 4.99 Å². The summed E-state index contributed by atoms with van der Waals surface area (Å²) in [4.78, 5) is 17.4. The van der Waals surface area contributed by atoms with Crippen LogP contribution in [-0.4, -0.2) is 22.1 Å². The smallest absolute Gasteiger partial charge is 0.168 e. The summed E-state index contributed by atoms with van der Waals surface area (Å²) in [6.07, 6.45) is 1.13. The van der Waals surface area contributed by atoms with Gasteiger partial charge in [-0.05, 0) is 43.0 Å². The van der Waals surface area contributed by atoms with Gasteiger partial charge in [-0.15, -0.1) is 0 Å². The molecule has 1 heterocycles. The number of fused-ring (bicyclic) bond motifs is 1. The van der Waals surface area contributed by atoms with Crippen molar-refractivity contribution in [2.45, 2.75) is 38.8 Å². The molecule has 0 bridgehead atoms. The molecule has 1 N–H and O–H groups in total. The lowest BCUT2D eigenvalue weighted by Crippen LogP contribution is -2.30. The number of hydrogen-bond donors (Lipinski definition) is 1. The molecular formula is C20H21NO2. The van der Waals surface area contributed by atoms with Crippen molar-refractivity contribution in [3.8, 4) is 0 Å². The van der Waals surface area contributed by atoms with Crippen LogP contribution >= 0.6 is 0 Å². The van der Waals surface area contributed by atoms with E-state index >= 15 is 0 Å². The maximum absolute atomic E-state index is 12.6. The van der Waals surface area contributed by atoms with E-state index in [1.54, 1.807) is 0 Å². The van der Waals surface area contributed by atoms with Crippen LogP contribution in [0, 0.1) is 0 Å². The molecule has 1 aliphatic heterocycles. The molecule has 2 aromatic carbocycles. The summed E-state index contributed by atoms with van der Waals surface area (Å²) in [5, 5.41) is 9.38. The minimum atomic E-state index is -0.208. The topological polar surface area (TPSA) is 49.7 Å². The summed E-state index contributed by atoms with van der Waals surface area (Å²) >= 11 is 0. The van der Waals surface area contributed by atoms with Crippen LogP contribution in [-0.2, 0) is 13.0 Å². The molecule has 0 radical (unpaired) electrons. The first-order valence-electron chi connectivity index (χ1n) is 7.88. The van der Waals surface area contributed by atoms with Crippen molar-refractivity contribution in [2.75, 3.05) is 0 Å². The van der Waals surface area contributed by atoms with E-state index in [1.165, 1.54) is 5.56 Å². The lowest BCUT2D eigenvalue weighted by Gasteiger charge is -2.29. The highest BCUT2D eigenvalue weighted by atomic mass is 16.3. The fraction of sp³-hybridized carbons (Fsp3) is 0.300. The largest absolute Gasteiger partial charge is 0.392 e. The first-order chi connectivity index (χ1) is 11.0. The van der Waals surface area contributed by atoms with Gasteiger partial charge < -0.3 is 5.11 Å². The molecule has 3 nitrogen and oxygen atoms in total. The molecule has 0 spiro atoms. The van der Waals surface area contributed by atoms with Gasteiger partial charge in [0, 0.05) is 5.56 Å². The monoisotopic (exact) mass is 307 g/mol. The Bertz CT molecular complexity index is 760. The van der Waals surface area contributed by atoms with Crippen LogP contribution in [0.4, 0.5) is 0 Å². The van der Waals surface area contributed by atoms with E-state index in [-0.39, 0.29) is 24.3 Å². The third-order valence-corrected chi connectivity index (χ3v) is 4.15. The predicted molar refractivity (Wildman–Crippen MR) is 92.1 cm³/mol. The van der Waals surface area contributed by atoms with Crippen LogP contribution in [0.5, 0.6) is 0 Å². The van der Waals surface area contributed by atoms with Gasteiger partial charge in [-0.1, -0.05) is 42.5 Å². The molecule has 0 saturated carbocycles. The summed E-state index contributed by atoms with van der Waals surface area (Å²) < 4.78 is 0. The van der Waals surface area contributed by atoms with Gasteiger partial charge >= 0.3 is 0 Å². The molecule has 0 amide bonds. The molecule has 2 aromatic rings. The van der Waals surface area contributed by atoms with Gasteiger partial charge in [0.2, 0.25) is 0 Å². The second kappa shape index (κ2) is 6.09. The van der Waals surface area contributed by atoms with Gasteiger partial charge in [0.05, 0.1) is 24.3 Å². The maximum atomic E-state index is 12.6. The fourth-order valence-electron chi connectivity index (χ4n) is 3.09. The molecule has 0 atom stereocenters. The number of rotatable bonds is 4. The number of hydrogen-bond acceptors (Lipinski definition) is 3. The van der Waals surface area contributed by atoms with Crippen LogP contribution in [0.2, 0.25) is 0 Å². The SMILES string of the molecule is CC1(C)Cc2ccc(CO)cc2C(CC(=O)c2ccccc2)=N1. The Morgan fingerprint density at radius 3 is 2.61 bits per heavy atom. The summed E-state index contributed by atoms with van der Waals surface area (Å²) in [6.45, 7) is 4.17. The zero-order chi connectivity index (χ0) is 16.4. The Kier molecular flexibility index (Phi) is 4.14. The zero-order valence-electron chi connectivity index (χ0n) is 13.5. The van der Waals surface area contributed by atoms with Crippen molar-refractivity contribution in [1.82, 2.24) is 0 Å². The number of ketones is 1. The lowest BCUT2D eigenvalue weighted by molar-refractivity contribution is 0.100. The second-order valence-electron chi connectivity index (χ2n) is 6.66. The van der Waals surface area contributed by atoms with Gasteiger partial charge in [0.15, 0.2) is 5.78 Å². The Labute approximate surface area is 136 Å². The first kappa shape index (κ1) is 15.6. The average Bonchev–Trinajstić information content (AvgIpc) is 2.54. The van der Waals surface area contributed by atoms with E-state index in [0.29, 0.717) is 5.56 Å². The zero-order valence-corrected chi connectivity index (χ0v) is 13.5. The minimum absolute atomic E-state index is 0.00339. The van der Waals surface area contributed by atoms with E-state index in [1.807, 2.05) is 48.5 Å². The number of benzene rings is 2. The molecule has 0 unspecified atom stereocenters.